The molecule has 10 nitrogen and oxygen atoms in total. The van der Waals surface area contributed by atoms with Crippen LogP contribution in [0.15, 0.2) is 60.7 Å². The van der Waals surface area contributed by atoms with E-state index in [1.54, 1.807) is 0 Å². The lowest BCUT2D eigenvalue weighted by molar-refractivity contribution is -0.243. The summed E-state index contributed by atoms with van der Waals surface area (Å²) in [6, 6.07) is 19.2. The van der Waals surface area contributed by atoms with Crippen molar-refractivity contribution in [2.24, 2.45) is 0 Å². The topological polar surface area (TPSA) is 119 Å². The fraction of sp³-hybridized carbons (Fsp3) is 0.481. The number of hydrogen-bond donors (Lipinski definition) is 1. The Labute approximate surface area is 215 Å². The first-order valence-corrected chi connectivity index (χ1v) is 12.3. The summed E-state index contributed by atoms with van der Waals surface area (Å²) in [6.45, 7) is 1.31. The van der Waals surface area contributed by atoms with Crippen LogP contribution in [-0.2, 0) is 42.7 Å². The predicted octanol–water partition coefficient (Wildman–Crippen LogP) is 3.02. The van der Waals surface area contributed by atoms with Crippen molar-refractivity contribution >= 4 is 11.9 Å². The molecule has 2 heterocycles. The fourth-order valence-electron chi connectivity index (χ4n) is 3.83. The molecular formula is C27H32O10. The van der Waals surface area contributed by atoms with Gasteiger partial charge in [-0.15, -0.1) is 0 Å². The summed E-state index contributed by atoms with van der Waals surface area (Å²) in [5.74, 6) is -1.71. The van der Waals surface area contributed by atoms with Crippen LogP contribution < -0.4 is 0 Å². The summed E-state index contributed by atoms with van der Waals surface area (Å²) in [6.07, 6.45) is -2.93. The third-order valence-corrected chi connectivity index (χ3v) is 5.75. The SMILES string of the molecule is O=C(O)CCC(=O)OC(COC1COC(c2ccccc2)OC1)COC1COC(c2ccccc2)OC1. The lowest BCUT2D eigenvalue weighted by atomic mass is 10.2. The van der Waals surface area contributed by atoms with Crippen LogP contribution >= 0.6 is 0 Å². The maximum absolute atomic E-state index is 12.2. The van der Waals surface area contributed by atoms with Crippen molar-refractivity contribution in [3.8, 4) is 0 Å². The zero-order valence-corrected chi connectivity index (χ0v) is 20.4. The highest BCUT2D eigenvalue weighted by Crippen LogP contribution is 2.25. The highest BCUT2D eigenvalue weighted by Gasteiger charge is 2.28. The molecule has 2 aromatic carbocycles. The zero-order valence-electron chi connectivity index (χ0n) is 20.4. The second-order valence-electron chi connectivity index (χ2n) is 8.73. The second-order valence-corrected chi connectivity index (χ2v) is 8.73. The van der Waals surface area contributed by atoms with Gasteiger partial charge in [-0.2, -0.15) is 0 Å². The zero-order chi connectivity index (χ0) is 25.9. The van der Waals surface area contributed by atoms with Gasteiger partial charge in [-0.1, -0.05) is 60.7 Å². The molecule has 0 amide bonds. The van der Waals surface area contributed by atoms with Crippen LogP contribution in [0.1, 0.15) is 36.5 Å². The second kappa shape index (κ2) is 14.2. The van der Waals surface area contributed by atoms with Gasteiger partial charge < -0.3 is 38.3 Å². The van der Waals surface area contributed by atoms with Gasteiger partial charge in [-0.3, -0.25) is 9.59 Å². The Bertz CT molecular complexity index is 890. The molecule has 0 atom stereocenters. The molecule has 2 aliphatic rings. The highest BCUT2D eigenvalue weighted by molar-refractivity contribution is 5.76. The number of esters is 1. The Hall–Kier alpha value is -2.86. The number of carbonyl (C=O) groups excluding carboxylic acids is 1. The average Bonchev–Trinajstić information content (AvgIpc) is 2.95. The van der Waals surface area contributed by atoms with Crippen LogP contribution in [0.25, 0.3) is 0 Å². The van der Waals surface area contributed by atoms with Crippen LogP contribution in [0.2, 0.25) is 0 Å². The van der Waals surface area contributed by atoms with E-state index in [0.29, 0.717) is 26.4 Å². The van der Waals surface area contributed by atoms with E-state index in [0.717, 1.165) is 11.1 Å². The van der Waals surface area contributed by atoms with Gasteiger partial charge in [0.2, 0.25) is 0 Å². The van der Waals surface area contributed by atoms with E-state index in [1.807, 2.05) is 60.7 Å². The number of benzene rings is 2. The number of carbonyl (C=O) groups is 2. The highest BCUT2D eigenvalue weighted by atomic mass is 16.7. The molecule has 4 rings (SSSR count). The first-order chi connectivity index (χ1) is 18.1. The van der Waals surface area contributed by atoms with Crippen molar-refractivity contribution in [2.45, 2.75) is 43.7 Å². The number of carboxylic acid groups (broad SMARTS) is 1. The normalized spacial score (nSPS) is 24.8. The number of aliphatic carboxylic acids is 1. The third kappa shape index (κ3) is 8.89. The molecule has 2 aromatic rings. The summed E-state index contributed by atoms with van der Waals surface area (Å²) < 4.78 is 40.3. The molecule has 0 unspecified atom stereocenters. The number of rotatable bonds is 12. The number of carboxylic acids is 1. The van der Waals surface area contributed by atoms with Gasteiger partial charge in [-0.25, -0.2) is 0 Å². The molecule has 0 bridgehead atoms. The third-order valence-electron chi connectivity index (χ3n) is 5.75. The summed E-state index contributed by atoms with van der Waals surface area (Å²) in [4.78, 5) is 23.0. The maximum Gasteiger partial charge on any atom is 0.306 e. The minimum Gasteiger partial charge on any atom is -0.481 e. The predicted molar refractivity (Wildman–Crippen MR) is 128 cm³/mol. The van der Waals surface area contributed by atoms with Crippen molar-refractivity contribution in [3.05, 3.63) is 71.8 Å². The fourth-order valence-corrected chi connectivity index (χ4v) is 3.83. The Morgan fingerprint density at radius 3 is 1.57 bits per heavy atom. The van der Waals surface area contributed by atoms with E-state index < -0.39 is 30.6 Å². The standard InChI is InChI=1S/C27H32O10/c28-24(29)11-12-25(30)37-23(17-31-21-13-33-26(34-14-21)19-7-3-1-4-8-19)18-32-22-15-35-27(36-16-22)20-9-5-2-6-10-20/h1-10,21-23,26-27H,11-18H2,(H,28,29). The molecule has 0 radical (unpaired) electrons. The molecule has 0 aliphatic carbocycles. The van der Waals surface area contributed by atoms with Gasteiger partial charge >= 0.3 is 11.9 Å². The first-order valence-electron chi connectivity index (χ1n) is 12.3. The lowest BCUT2D eigenvalue weighted by Crippen LogP contribution is -2.40. The summed E-state index contributed by atoms with van der Waals surface area (Å²) in [5.41, 5.74) is 1.84. The average molecular weight is 517 g/mol. The van der Waals surface area contributed by atoms with Crippen molar-refractivity contribution < 1.29 is 47.9 Å². The van der Waals surface area contributed by atoms with Crippen molar-refractivity contribution in [3.63, 3.8) is 0 Å². The molecule has 0 aromatic heterocycles. The van der Waals surface area contributed by atoms with Crippen molar-refractivity contribution in [2.75, 3.05) is 39.6 Å². The van der Waals surface area contributed by atoms with Gasteiger partial charge in [0.1, 0.15) is 18.3 Å². The number of ether oxygens (including phenoxy) is 7. The first kappa shape index (κ1) is 27.2. The minimum atomic E-state index is -1.07. The molecule has 0 spiro atoms. The molecule has 200 valence electrons. The largest absolute Gasteiger partial charge is 0.481 e. The van der Waals surface area contributed by atoms with Gasteiger partial charge in [0.15, 0.2) is 12.6 Å². The smallest absolute Gasteiger partial charge is 0.306 e. The van der Waals surface area contributed by atoms with Crippen molar-refractivity contribution in [1.82, 2.24) is 0 Å². The van der Waals surface area contributed by atoms with Crippen LogP contribution in [0.3, 0.4) is 0 Å². The minimum absolute atomic E-state index is 0.0350. The lowest BCUT2D eigenvalue weighted by Gasteiger charge is -2.32. The van der Waals surface area contributed by atoms with Crippen LogP contribution in [0.5, 0.6) is 0 Å². The maximum atomic E-state index is 12.2. The van der Waals surface area contributed by atoms with E-state index in [-0.39, 0.29) is 38.3 Å². The van der Waals surface area contributed by atoms with E-state index in [9.17, 15) is 9.59 Å². The van der Waals surface area contributed by atoms with Crippen molar-refractivity contribution in [1.29, 1.82) is 0 Å². The van der Waals surface area contributed by atoms with E-state index in [1.165, 1.54) is 0 Å². The quantitative estimate of drug-likeness (QED) is 0.422. The van der Waals surface area contributed by atoms with Crippen LogP contribution in [0, 0.1) is 0 Å². The molecular weight excluding hydrogens is 484 g/mol. The molecule has 1 N–H and O–H groups in total. The molecule has 37 heavy (non-hydrogen) atoms. The van der Waals surface area contributed by atoms with Gasteiger partial charge in [0.05, 0.1) is 52.5 Å². The molecule has 2 fully saturated rings. The Morgan fingerprint density at radius 1 is 0.730 bits per heavy atom. The van der Waals surface area contributed by atoms with Gasteiger partial charge in [0, 0.05) is 11.1 Å². The van der Waals surface area contributed by atoms with E-state index in [4.69, 9.17) is 38.3 Å². The molecule has 0 saturated carbocycles. The Morgan fingerprint density at radius 2 is 1.16 bits per heavy atom. The molecule has 2 saturated heterocycles. The molecule has 10 heteroatoms. The van der Waals surface area contributed by atoms with Crippen LogP contribution in [0.4, 0.5) is 0 Å². The Kier molecular flexibility index (Phi) is 10.4. The van der Waals surface area contributed by atoms with Crippen LogP contribution in [-0.4, -0.2) is 75.0 Å². The van der Waals surface area contributed by atoms with Gasteiger partial charge in [-0.05, 0) is 0 Å². The monoisotopic (exact) mass is 516 g/mol. The van der Waals surface area contributed by atoms with E-state index >= 15 is 0 Å². The van der Waals surface area contributed by atoms with Gasteiger partial charge in [0.25, 0.3) is 0 Å². The Balaban J connectivity index is 1.23. The summed E-state index contributed by atoms with van der Waals surface area (Å²) in [5, 5.41) is 8.84. The molecule has 2 aliphatic heterocycles. The summed E-state index contributed by atoms with van der Waals surface area (Å²) in [7, 11) is 0. The van der Waals surface area contributed by atoms with E-state index in [2.05, 4.69) is 0 Å². The number of hydrogen-bond acceptors (Lipinski definition) is 9. The summed E-state index contributed by atoms with van der Waals surface area (Å²) >= 11 is 0.